The fourth-order valence-corrected chi connectivity index (χ4v) is 1.57. The Morgan fingerprint density at radius 1 is 1.42 bits per heavy atom. The van der Waals surface area contributed by atoms with Crippen molar-refractivity contribution in [3.8, 4) is 0 Å². The minimum Gasteiger partial charge on any atom is -0.435 e. The van der Waals surface area contributed by atoms with E-state index in [2.05, 4.69) is 0 Å². The topological polar surface area (TPSA) is 35.5 Å². The highest BCUT2D eigenvalue weighted by atomic mass is 16.7. The Morgan fingerprint density at radius 2 is 2.00 bits per heavy atom. The minimum atomic E-state index is -0.526. The van der Waals surface area contributed by atoms with E-state index in [1.807, 2.05) is 6.92 Å². The minimum absolute atomic E-state index is 0.258. The zero-order chi connectivity index (χ0) is 9.03. The number of rotatable bonds is 2. The SMILES string of the molecule is CCOC(=O)OC1(C)CCCC1. The zero-order valence-corrected chi connectivity index (χ0v) is 7.76. The Bertz CT molecular complexity index is 159. The van der Waals surface area contributed by atoms with Crippen molar-refractivity contribution in [2.45, 2.75) is 45.1 Å². The van der Waals surface area contributed by atoms with Crippen LogP contribution in [0.2, 0.25) is 0 Å². The second kappa shape index (κ2) is 3.78. The van der Waals surface area contributed by atoms with Crippen LogP contribution in [0, 0.1) is 0 Å². The Morgan fingerprint density at radius 3 is 2.50 bits per heavy atom. The molecule has 0 aliphatic heterocycles. The third-order valence-electron chi connectivity index (χ3n) is 2.25. The zero-order valence-electron chi connectivity index (χ0n) is 7.76. The third-order valence-corrected chi connectivity index (χ3v) is 2.25. The van der Waals surface area contributed by atoms with Gasteiger partial charge in [-0.25, -0.2) is 4.79 Å². The number of ether oxygens (including phenoxy) is 2. The van der Waals surface area contributed by atoms with Crippen molar-refractivity contribution in [1.29, 1.82) is 0 Å². The lowest BCUT2D eigenvalue weighted by Crippen LogP contribution is -2.28. The van der Waals surface area contributed by atoms with Crippen molar-refractivity contribution in [2.24, 2.45) is 0 Å². The Labute approximate surface area is 73.0 Å². The molecule has 3 nitrogen and oxygen atoms in total. The maximum atomic E-state index is 11.0. The molecule has 12 heavy (non-hydrogen) atoms. The van der Waals surface area contributed by atoms with Crippen LogP contribution < -0.4 is 0 Å². The normalized spacial score (nSPS) is 20.5. The molecule has 0 bridgehead atoms. The molecule has 1 fully saturated rings. The summed E-state index contributed by atoms with van der Waals surface area (Å²) in [5, 5.41) is 0. The van der Waals surface area contributed by atoms with Crippen LogP contribution in [-0.2, 0) is 9.47 Å². The second-order valence-electron chi connectivity index (χ2n) is 3.44. The summed E-state index contributed by atoms with van der Waals surface area (Å²) >= 11 is 0. The van der Waals surface area contributed by atoms with Gasteiger partial charge in [0.1, 0.15) is 5.60 Å². The predicted molar refractivity (Wildman–Crippen MR) is 45.0 cm³/mol. The molecule has 0 amide bonds. The van der Waals surface area contributed by atoms with Gasteiger partial charge in [0.2, 0.25) is 0 Å². The predicted octanol–water partition coefficient (Wildman–Crippen LogP) is 2.49. The van der Waals surface area contributed by atoms with E-state index in [1.165, 1.54) is 0 Å². The van der Waals surface area contributed by atoms with Crippen molar-refractivity contribution < 1.29 is 14.3 Å². The molecule has 0 spiro atoms. The first-order valence-electron chi connectivity index (χ1n) is 4.52. The van der Waals surface area contributed by atoms with Gasteiger partial charge in [-0.05, 0) is 39.5 Å². The lowest BCUT2D eigenvalue weighted by molar-refractivity contribution is -0.0202. The Kier molecular flexibility index (Phi) is 2.95. The molecular formula is C9H16O3. The number of hydrogen-bond acceptors (Lipinski definition) is 3. The first kappa shape index (κ1) is 9.36. The molecule has 0 unspecified atom stereocenters. The van der Waals surface area contributed by atoms with Gasteiger partial charge in [-0.15, -0.1) is 0 Å². The fraction of sp³-hybridized carbons (Fsp3) is 0.889. The molecule has 0 aromatic heterocycles. The van der Waals surface area contributed by atoms with Gasteiger partial charge in [-0.2, -0.15) is 0 Å². The van der Waals surface area contributed by atoms with Gasteiger partial charge in [0.25, 0.3) is 0 Å². The standard InChI is InChI=1S/C9H16O3/c1-3-11-8(10)12-9(2)6-4-5-7-9/h3-7H2,1-2H3. The van der Waals surface area contributed by atoms with Crippen molar-refractivity contribution in [3.63, 3.8) is 0 Å². The third kappa shape index (κ3) is 2.40. The van der Waals surface area contributed by atoms with Crippen LogP contribution in [0.4, 0.5) is 4.79 Å². The van der Waals surface area contributed by atoms with Crippen LogP contribution in [0.3, 0.4) is 0 Å². The maximum absolute atomic E-state index is 11.0. The van der Waals surface area contributed by atoms with Crippen LogP contribution >= 0.6 is 0 Å². The van der Waals surface area contributed by atoms with E-state index >= 15 is 0 Å². The van der Waals surface area contributed by atoms with Gasteiger partial charge in [0.15, 0.2) is 0 Å². The van der Waals surface area contributed by atoms with Crippen LogP contribution in [0.15, 0.2) is 0 Å². The average Bonchev–Trinajstić information content (AvgIpc) is 2.36. The molecule has 0 N–H and O–H groups in total. The molecule has 0 radical (unpaired) electrons. The summed E-state index contributed by atoms with van der Waals surface area (Å²) in [6.45, 7) is 4.13. The molecule has 0 aromatic carbocycles. The van der Waals surface area contributed by atoms with Crippen molar-refractivity contribution in [2.75, 3.05) is 6.61 Å². The monoisotopic (exact) mass is 172 g/mol. The molecular weight excluding hydrogens is 156 g/mol. The first-order valence-corrected chi connectivity index (χ1v) is 4.52. The highest BCUT2D eigenvalue weighted by Crippen LogP contribution is 2.32. The smallest absolute Gasteiger partial charge is 0.435 e. The summed E-state index contributed by atoms with van der Waals surface area (Å²) in [4.78, 5) is 11.0. The Hall–Kier alpha value is -0.730. The van der Waals surface area contributed by atoms with E-state index in [0.717, 1.165) is 25.7 Å². The molecule has 1 rings (SSSR count). The van der Waals surface area contributed by atoms with E-state index in [0.29, 0.717) is 6.61 Å². The number of carbonyl (C=O) groups excluding carboxylic acids is 1. The molecule has 3 heteroatoms. The molecule has 0 heterocycles. The summed E-state index contributed by atoms with van der Waals surface area (Å²) < 4.78 is 9.89. The summed E-state index contributed by atoms with van der Waals surface area (Å²) in [6.07, 6.45) is 3.70. The summed E-state index contributed by atoms with van der Waals surface area (Å²) in [5.41, 5.74) is -0.258. The largest absolute Gasteiger partial charge is 0.508 e. The highest BCUT2D eigenvalue weighted by Gasteiger charge is 2.32. The molecule has 70 valence electrons. The van der Waals surface area contributed by atoms with Gasteiger partial charge in [0.05, 0.1) is 6.61 Å². The van der Waals surface area contributed by atoms with Crippen LogP contribution in [0.5, 0.6) is 0 Å². The molecule has 0 atom stereocenters. The molecule has 1 saturated carbocycles. The number of hydrogen-bond donors (Lipinski definition) is 0. The lowest BCUT2D eigenvalue weighted by atomic mass is 10.1. The Balaban J connectivity index is 2.33. The summed E-state index contributed by atoms with van der Waals surface area (Å²) in [5.74, 6) is 0. The quantitative estimate of drug-likeness (QED) is 0.600. The van der Waals surface area contributed by atoms with E-state index in [4.69, 9.17) is 9.47 Å². The number of carbonyl (C=O) groups is 1. The first-order chi connectivity index (χ1) is 5.66. The second-order valence-corrected chi connectivity index (χ2v) is 3.44. The molecule has 1 aliphatic carbocycles. The van der Waals surface area contributed by atoms with Crippen molar-refractivity contribution >= 4 is 6.16 Å². The maximum Gasteiger partial charge on any atom is 0.508 e. The van der Waals surface area contributed by atoms with Crippen molar-refractivity contribution in [3.05, 3.63) is 0 Å². The van der Waals surface area contributed by atoms with E-state index < -0.39 is 6.16 Å². The summed E-state index contributed by atoms with van der Waals surface area (Å²) in [7, 11) is 0. The summed E-state index contributed by atoms with van der Waals surface area (Å²) in [6, 6.07) is 0. The highest BCUT2D eigenvalue weighted by molar-refractivity contribution is 5.60. The molecule has 1 aliphatic rings. The molecule has 0 aromatic rings. The van der Waals surface area contributed by atoms with E-state index in [9.17, 15) is 4.79 Å². The van der Waals surface area contributed by atoms with Gasteiger partial charge < -0.3 is 9.47 Å². The van der Waals surface area contributed by atoms with Crippen LogP contribution in [-0.4, -0.2) is 18.4 Å². The van der Waals surface area contributed by atoms with E-state index in [-0.39, 0.29) is 5.60 Å². The van der Waals surface area contributed by atoms with Crippen molar-refractivity contribution in [1.82, 2.24) is 0 Å². The van der Waals surface area contributed by atoms with Gasteiger partial charge in [-0.1, -0.05) is 0 Å². The van der Waals surface area contributed by atoms with E-state index in [1.54, 1.807) is 6.92 Å². The average molecular weight is 172 g/mol. The van der Waals surface area contributed by atoms with Gasteiger partial charge in [0, 0.05) is 0 Å². The van der Waals surface area contributed by atoms with Gasteiger partial charge >= 0.3 is 6.16 Å². The van der Waals surface area contributed by atoms with Gasteiger partial charge in [-0.3, -0.25) is 0 Å². The van der Waals surface area contributed by atoms with Crippen LogP contribution in [0.25, 0.3) is 0 Å². The molecule has 0 saturated heterocycles. The lowest BCUT2D eigenvalue weighted by Gasteiger charge is -2.22. The van der Waals surface area contributed by atoms with Crippen LogP contribution in [0.1, 0.15) is 39.5 Å². The fourth-order valence-electron chi connectivity index (χ4n) is 1.57.